The number of aromatic nitrogens is 2. The van der Waals surface area contributed by atoms with Crippen molar-refractivity contribution in [3.05, 3.63) is 78.1 Å². The molecule has 1 aliphatic heterocycles. The van der Waals surface area contributed by atoms with Crippen molar-refractivity contribution >= 4 is 22.5 Å². The number of pyridine rings is 1. The third kappa shape index (κ3) is 4.52. The van der Waals surface area contributed by atoms with Crippen molar-refractivity contribution < 1.29 is 5.11 Å². The van der Waals surface area contributed by atoms with Gasteiger partial charge >= 0.3 is 0 Å². The van der Waals surface area contributed by atoms with Gasteiger partial charge in [0.1, 0.15) is 0 Å². The SMILES string of the molecule is OC1CCN(CCn2ccc3cc(-c4ccc(-c5ccc(Cl)cc5)cn4)ccc32)CC1. The second kappa shape index (κ2) is 8.83. The maximum atomic E-state index is 9.68. The van der Waals surface area contributed by atoms with Crippen LogP contribution in [0.4, 0.5) is 0 Å². The van der Waals surface area contributed by atoms with E-state index in [9.17, 15) is 5.11 Å². The predicted molar refractivity (Wildman–Crippen MR) is 127 cm³/mol. The van der Waals surface area contributed by atoms with Crippen molar-refractivity contribution in [3.63, 3.8) is 0 Å². The second-order valence-electron chi connectivity index (χ2n) is 8.29. The zero-order chi connectivity index (χ0) is 21.2. The topological polar surface area (TPSA) is 41.3 Å². The molecule has 0 aliphatic carbocycles. The minimum atomic E-state index is -0.115. The van der Waals surface area contributed by atoms with E-state index >= 15 is 0 Å². The molecule has 2 aromatic carbocycles. The summed E-state index contributed by atoms with van der Waals surface area (Å²) in [7, 11) is 0. The molecule has 0 saturated carbocycles. The first kappa shape index (κ1) is 20.3. The van der Waals surface area contributed by atoms with Crippen LogP contribution in [0.3, 0.4) is 0 Å². The van der Waals surface area contributed by atoms with Crippen LogP contribution in [0.25, 0.3) is 33.3 Å². The number of nitrogens with zero attached hydrogens (tertiary/aromatic N) is 3. The molecule has 0 bridgehead atoms. The molecule has 1 fully saturated rings. The molecule has 2 aromatic heterocycles. The monoisotopic (exact) mass is 431 g/mol. The number of halogens is 1. The van der Waals surface area contributed by atoms with E-state index in [0.29, 0.717) is 0 Å². The molecule has 5 rings (SSSR count). The number of piperidine rings is 1. The summed E-state index contributed by atoms with van der Waals surface area (Å²) >= 11 is 5.99. The Balaban J connectivity index is 1.30. The summed E-state index contributed by atoms with van der Waals surface area (Å²) in [6.45, 7) is 3.96. The number of fused-ring (bicyclic) bond motifs is 1. The van der Waals surface area contributed by atoms with Crippen LogP contribution >= 0.6 is 11.6 Å². The Labute approximate surface area is 187 Å². The van der Waals surface area contributed by atoms with E-state index in [0.717, 1.165) is 66.4 Å². The molecule has 31 heavy (non-hydrogen) atoms. The zero-order valence-corrected chi connectivity index (χ0v) is 18.2. The maximum absolute atomic E-state index is 9.68. The fourth-order valence-corrected chi connectivity index (χ4v) is 4.45. The molecule has 0 atom stereocenters. The van der Waals surface area contributed by atoms with Crippen LogP contribution < -0.4 is 0 Å². The number of aliphatic hydroxyl groups excluding tert-OH is 1. The standard InChI is InChI=1S/C26H26ClN3O/c27-23-5-1-19(2-6-23)22-3-7-25(28-18-22)20-4-8-26-21(17-20)9-14-30(26)16-15-29-12-10-24(31)11-13-29/h1-9,14,17-18,24,31H,10-13,15-16H2. The molecule has 1 aliphatic rings. The number of hydrogen-bond acceptors (Lipinski definition) is 3. The van der Waals surface area contributed by atoms with Crippen LogP contribution in [0.5, 0.6) is 0 Å². The lowest BCUT2D eigenvalue weighted by molar-refractivity contribution is 0.0811. The molecule has 5 heteroatoms. The van der Waals surface area contributed by atoms with Crippen molar-refractivity contribution in [1.82, 2.24) is 14.5 Å². The van der Waals surface area contributed by atoms with E-state index in [1.807, 2.05) is 30.5 Å². The minimum absolute atomic E-state index is 0.115. The summed E-state index contributed by atoms with van der Waals surface area (Å²) in [5.41, 5.74) is 5.54. The second-order valence-corrected chi connectivity index (χ2v) is 8.73. The smallest absolute Gasteiger partial charge is 0.0702 e. The highest BCUT2D eigenvalue weighted by atomic mass is 35.5. The molecule has 0 amide bonds. The van der Waals surface area contributed by atoms with Gasteiger partial charge in [-0.25, -0.2) is 0 Å². The third-order valence-electron chi connectivity index (χ3n) is 6.22. The summed E-state index contributed by atoms with van der Waals surface area (Å²) < 4.78 is 2.32. The summed E-state index contributed by atoms with van der Waals surface area (Å²) in [6, 6.07) is 20.8. The number of likely N-dealkylation sites (tertiary alicyclic amines) is 1. The fraction of sp³-hybridized carbons (Fsp3) is 0.269. The Hall–Kier alpha value is -2.66. The van der Waals surface area contributed by atoms with Crippen molar-refractivity contribution in [2.75, 3.05) is 19.6 Å². The fourth-order valence-electron chi connectivity index (χ4n) is 4.32. The molecule has 3 heterocycles. The van der Waals surface area contributed by atoms with Crippen molar-refractivity contribution in [1.29, 1.82) is 0 Å². The molecule has 0 unspecified atom stereocenters. The molecule has 4 nitrogen and oxygen atoms in total. The van der Waals surface area contributed by atoms with Gasteiger partial charge < -0.3 is 14.6 Å². The van der Waals surface area contributed by atoms with Crippen LogP contribution in [0, 0.1) is 0 Å². The van der Waals surface area contributed by atoms with E-state index in [1.54, 1.807) is 0 Å². The lowest BCUT2D eigenvalue weighted by atomic mass is 10.1. The summed E-state index contributed by atoms with van der Waals surface area (Å²) in [4.78, 5) is 7.14. The van der Waals surface area contributed by atoms with Crippen LogP contribution in [0.1, 0.15) is 12.8 Å². The van der Waals surface area contributed by atoms with Crippen LogP contribution in [0.15, 0.2) is 73.1 Å². The van der Waals surface area contributed by atoms with Gasteiger partial charge in [0.15, 0.2) is 0 Å². The Kier molecular flexibility index (Phi) is 5.77. The predicted octanol–water partition coefficient (Wildman–Crippen LogP) is 5.48. The largest absolute Gasteiger partial charge is 0.393 e. The van der Waals surface area contributed by atoms with Crippen molar-refractivity contribution in [2.45, 2.75) is 25.5 Å². The summed E-state index contributed by atoms with van der Waals surface area (Å²) in [5.74, 6) is 0. The quantitative estimate of drug-likeness (QED) is 0.455. The Morgan fingerprint density at radius 1 is 0.871 bits per heavy atom. The maximum Gasteiger partial charge on any atom is 0.0702 e. The first-order chi connectivity index (χ1) is 15.2. The lowest BCUT2D eigenvalue weighted by Gasteiger charge is -2.29. The number of benzene rings is 2. The zero-order valence-electron chi connectivity index (χ0n) is 17.4. The number of hydrogen-bond donors (Lipinski definition) is 1. The van der Waals surface area contributed by atoms with E-state index in [4.69, 9.17) is 16.6 Å². The van der Waals surface area contributed by atoms with Gasteiger partial charge in [-0.2, -0.15) is 0 Å². The minimum Gasteiger partial charge on any atom is -0.393 e. The Morgan fingerprint density at radius 2 is 1.61 bits per heavy atom. The Bertz CT molecular complexity index is 1160. The normalized spacial score (nSPS) is 15.5. The average Bonchev–Trinajstić information content (AvgIpc) is 3.22. The van der Waals surface area contributed by atoms with E-state index in [1.165, 1.54) is 10.9 Å². The van der Waals surface area contributed by atoms with Gasteiger partial charge in [0.2, 0.25) is 0 Å². The van der Waals surface area contributed by atoms with Gasteiger partial charge in [0.05, 0.1) is 11.8 Å². The molecule has 4 aromatic rings. The Morgan fingerprint density at radius 3 is 2.35 bits per heavy atom. The van der Waals surface area contributed by atoms with Crippen LogP contribution in [0.2, 0.25) is 5.02 Å². The number of aliphatic hydroxyl groups is 1. The van der Waals surface area contributed by atoms with Crippen molar-refractivity contribution in [3.8, 4) is 22.4 Å². The van der Waals surface area contributed by atoms with E-state index in [2.05, 4.69) is 52.1 Å². The third-order valence-corrected chi connectivity index (χ3v) is 6.47. The van der Waals surface area contributed by atoms with Gasteiger partial charge in [0, 0.05) is 65.6 Å². The molecule has 1 saturated heterocycles. The van der Waals surface area contributed by atoms with Gasteiger partial charge in [-0.1, -0.05) is 35.9 Å². The molecule has 0 spiro atoms. The van der Waals surface area contributed by atoms with Gasteiger partial charge in [-0.3, -0.25) is 4.98 Å². The van der Waals surface area contributed by atoms with Crippen LogP contribution in [-0.4, -0.2) is 45.3 Å². The van der Waals surface area contributed by atoms with E-state index in [-0.39, 0.29) is 6.10 Å². The van der Waals surface area contributed by atoms with E-state index < -0.39 is 0 Å². The first-order valence-electron chi connectivity index (χ1n) is 10.9. The molecule has 158 valence electrons. The highest BCUT2D eigenvalue weighted by Gasteiger charge is 2.16. The molecular weight excluding hydrogens is 406 g/mol. The first-order valence-corrected chi connectivity index (χ1v) is 11.3. The van der Waals surface area contributed by atoms with Gasteiger partial charge in [0.25, 0.3) is 0 Å². The van der Waals surface area contributed by atoms with Crippen molar-refractivity contribution in [2.24, 2.45) is 0 Å². The highest BCUT2D eigenvalue weighted by Crippen LogP contribution is 2.27. The lowest BCUT2D eigenvalue weighted by Crippen LogP contribution is -2.37. The van der Waals surface area contributed by atoms with Gasteiger partial charge in [-0.15, -0.1) is 0 Å². The van der Waals surface area contributed by atoms with Gasteiger partial charge in [-0.05, 0) is 54.8 Å². The molecule has 0 radical (unpaired) electrons. The molecule has 1 N–H and O–H groups in total. The van der Waals surface area contributed by atoms with Crippen LogP contribution in [-0.2, 0) is 6.54 Å². The summed E-state index contributed by atoms with van der Waals surface area (Å²) in [5, 5.41) is 11.7. The average molecular weight is 432 g/mol. The highest BCUT2D eigenvalue weighted by molar-refractivity contribution is 6.30. The number of rotatable bonds is 5. The summed E-state index contributed by atoms with van der Waals surface area (Å²) in [6.07, 6.45) is 5.75. The molecular formula is C26H26ClN3O.